The first-order valence-corrected chi connectivity index (χ1v) is 9.33. The van der Waals surface area contributed by atoms with E-state index < -0.39 is 17.3 Å². The summed E-state index contributed by atoms with van der Waals surface area (Å²) < 4.78 is 38.6. The molecule has 0 radical (unpaired) electrons. The van der Waals surface area contributed by atoms with Gasteiger partial charge >= 0.3 is 6.18 Å². The summed E-state index contributed by atoms with van der Waals surface area (Å²) in [5.74, 6) is 0.372. The molecule has 2 fully saturated rings. The first kappa shape index (κ1) is 19.9. The smallest absolute Gasteiger partial charge is 0.339 e. The first-order chi connectivity index (χ1) is 12.6. The quantitative estimate of drug-likeness (QED) is 0.864. The molecule has 1 aliphatic heterocycles. The van der Waals surface area contributed by atoms with Crippen LogP contribution in [0.1, 0.15) is 38.8 Å². The molecule has 3 rings (SSSR count). The Morgan fingerprint density at radius 2 is 1.96 bits per heavy atom. The van der Waals surface area contributed by atoms with Gasteiger partial charge in [0.15, 0.2) is 0 Å². The highest BCUT2D eigenvalue weighted by molar-refractivity contribution is 5.83. The summed E-state index contributed by atoms with van der Waals surface area (Å²) in [6, 6.07) is 0.912. The second-order valence-corrected chi connectivity index (χ2v) is 7.83. The van der Waals surface area contributed by atoms with Gasteiger partial charge in [-0.2, -0.15) is 13.2 Å². The zero-order chi connectivity index (χ0) is 19.8. The Kier molecular flexibility index (Phi) is 5.33. The van der Waals surface area contributed by atoms with E-state index in [9.17, 15) is 18.0 Å². The average molecular weight is 385 g/mol. The number of anilines is 1. The lowest BCUT2D eigenvalue weighted by Gasteiger charge is -2.41. The third-order valence-corrected chi connectivity index (χ3v) is 5.90. The van der Waals surface area contributed by atoms with Crippen molar-refractivity contribution in [2.24, 2.45) is 17.1 Å². The Hall–Kier alpha value is -1.90. The molecule has 0 bridgehead atoms. The van der Waals surface area contributed by atoms with Crippen LogP contribution in [0.3, 0.4) is 0 Å². The molecule has 2 N–H and O–H groups in total. The van der Waals surface area contributed by atoms with Gasteiger partial charge in [0.25, 0.3) is 0 Å². The van der Waals surface area contributed by atoms with Crippen LogP contribution in [-0.4, -0.2) is 53.0 Å². The molecule has 9 heteroatoms. The lowest BCUT2D eigenvalue weighted by atomic mass is 9.74. The van der Waals surface area contributed by atoms with Crippen molar-refractivity contribution in [3.05, 3.63) is 18.0 Å². The Labute approximate surface area is 156 Å². The molecule has 0 spiro atoms. The highest BCUT2D eigenvalue weighted by atomic mass is 19.4. The van der Waals surface area contributed by atoms with Gasteiger partial charge in [-0.25, -0.2) is 9.97 Å². The van der Waals surface area contributed by atoms with Crippen molar-refractivity contribution in [3.8, 4) is 0 Å². The number of carbonyl (C=O) groups is 1. The van der Waals surface area contributed by atoms with Crippen molar-refractivity contribution in [3.63, 3.8) is 0 Å². The van der Waals surface area contributed by atoms with Crippen LogP contribution in [0.2, 0.25) is 0 Å². The van der Waals surface area contributed by atoms with Crippen molar-refractivity contribution >= 4 is 11.9 Å². The molecule has 27 heavy (non-hydrogen) atoms. The summed E-state index contributed by atoms with van der Waals surface area (Å²) in [4.78, 5) is 24.3. The zero-order valence-corrected chi connectivity index (χ0v) is 15.7. The Balaban J connectivity index is 1.68. The van der Waals surface area contributed by atoms with Gasteiger partial charge < -0.3 is 15.5 Å². The van der Waals surface area contributed by atoms with Crippen LogP contribution in [0.4, 0.5) is 19.1 Å². The van der Waals surface area contributed by atoms with E-state index in [0.29, 0.717) is 32.6 Å². The Morgan fingerprint density at radius 1 is 1.30 bits per heavy atom. The van der Waals surface area contributed by atoms with Crippen LogP contribution in [0.15, 0.2) is 12.3 Å². The van der Waals surface area contributed by atoms with Gasteiger partial charge in [-0.15, -0.1) is 0 Å². The molecule has 1 saturated heterocycles. The number of halogens is 3. The normalized spacial score (nSPS) is 26.7. The topological polar surface area (TPSA) is 75.4 Å². The van der Waals surface area contributed by atoms with Gasteiger partial charge in [-0.1, -0.05) is 13.8 Å². The number of nitrogens with zero attached hydrogens (tertiary/aromatic N) is 4. The fourth-order valence-corrected chi connectivity index (χ4v) is 4.16. The summed E-state index contributed by atoms with van der Waals surface area (Å²) in [5, 5.41) is 0. The van der Waals surface area contributed by atoms with Gasteiger partial charge in [0.2, 0.25) is 11.9 Å². The molecule has 0 aromatic carbocycles. The number of hydrogen-bond acceptors (Lipinski definition) is 5. The number of piperazine rings is 1. The van der Waals surface area contributed by atoms with E-state index in [1.165, 1.54) is 0 Å². The lowest BCUT2D eigenvalue weighted by Crippen LogP contribution is -2.54. The van der Waals surface area contributed by atoms with Crippen molar-refractivity contribution in [1.29, 1.82) is 0 Å². The Morgan fingerprint density at radius 3 is 2.48 bits per heavy atom. The van der Waals surface area contributed by atoms with E-state index in [0.717, 1.165) is 25.1 Å². The molecule has 1 unspecified atom stereocenters. The van der Waals surface area contributed by atoms with Crippen LogP contribution < -0.4 is 10.6 Å². The fourth-order valence-electron chi connectivity index (χ4n) is 4.16. The molecule has 2 aliphatic rings. The third kappa shape index (κ3) is 3.88. The highest BCUT2D eigenvalue weighted by Gasteiger charge is 2.48. The van der Waals surface area contributed by atoms with Crippen molar-refractivity contribution in [2.75, 3.05) is 31.1 Å². The number of aromatic nitrogens is 2. The highest BCUT2D eigenvalue weighted by Crippen LogP contribution is 2.45. The Bertz CT molecular complexity index is 688. The second-order valence-electron chi connectivity index (χ2n) is 7.83. The number of carbonyl (C=O) groups excluding carboxylic acids is 1. The molecule has 150 valence electrons. The molecule has 6 nitrogen and oxygen atoms in total. The molecule has 2 atom stereocenters. The summed E-state index contributed by atoms with van der Waals surface area (Å²) in [6.45, 7) is 5.83. The predicted molar refractivity (Wildman–Crippen MR) is 94.9 cm³/mol. The number of rotatable bonds is 3. The molecule has 2 heterocycles. The summed E-state index contributed by atoms with van der Waals surface area (Å²) in [6.07, 6.45) is -1.04. The van der Waals surface area contributed by atoms with Crippen LogP contribution in [-0.2, 0) is 11.0 Å². The SMILES string of the molecule is CC(C)[C@]1(C(=O)N2CCN(c3nccc(C(F)(F)F)n3)CC2)CCC(N)C1. The summed E-state index contributed by atoms with van der Waals surface area (Å²) >= 11 is 0. The van der Waals surface area contributed by atoms with Crippen molar-refractivity contribution < 1.29 is 18.0 Å². The second kappa shape index (κ2) is 7.26. The molecule has 1 aromatic heterocycles. The van der Waals surface area contributed by atoms with Gasteiger partial charge in [-0.3, -0.25) is 4.79 Å². The largest absolute Gasteiger partial charge is 0.433 e. The van der Waals surface area contributed by atoms with Crippen LogP contribution in [0.5, 0.6) is 0 Å². The monoisotopic (exact) mass is 385 g/mol. The summed E-state index contributed by atoms with van der Waals surface area (Å²) in [5.41, 5.74) is 4.70. The fraction of sp³-hybridized carbons (Fsp3) is 0.722. The third-order valence-electron chi connectivity index (χ3n) is 5.90. The predicted octanol–water partition coefficient (Wildman–Crippen LogP) is 2.30. The van der Waals surface area contributed by atoms with Crippen molar-refractivity contribution in [1.82, 2.24) is 14.9 Å². The van der Waals surface area contributed by atoms with Crippen LogP contribution in [0.25, 0.3) is 0 Å². The minimum Gasteiger partial charge on any atom is -0.339 e. The number of nitrogens with two attached hydrogens (primary N) is 1. The maximum absolute atomic E-state index is 13.2. The molecule has 1 aliphatic carbocycles. The standard InChI is InChI=1S/C18H26F3N5O/c1-12(2)17(5-3-13(22)11-17)15(27)25-7-9-26(10-8-25)16-23-6-4-14(24-16)18(19,20)21/h4,6,12-13H,3,5,7-11,22H2,1-2H3/t13?,17-/m0/s1. The molecule has 1 aromatic rings. The number of hydrogen-bond donors (Lipinski definition) is 1. The first-order valence-electron chi connectivity index (χ1n) is 9.33. The molecular formula is C18H26F3N5O. The minimum absolute atomic E-state index is 0.0520. The zero-order valence-electron chi connectivity index (χ0n) is 15.7. The van der Waals surface area contributed by atoms with E-state index in [2.05, 4.69) is 23.8 Å². The van der Waals surface area contributed by atoms with E-state index in [1.807, 2.05) is 4.90 Å². The molecular weight excluding hydrogens is 359 g/mol. The van der Waals surface area contributed by atoms with Crippen molar-refractivity contribution in [2.45, 2.75) is 45.3 Å². The molecule has 1 amide bonds. The summed E-state index contributed by atoms with van der Waals surface area (Å²) in [7, 11) is 0. The van der Waals surface area contributed by atoms with Gasteiger partial charge in [0, 0.05) is 38.4 Å². The lowest BCUT2D eigenvalue weighted by molar-refractivity contribution is -0.145. The van der Waals surface area contributed by atoms with E-state index >= 15 is 0 Å². The van der Waals surface area contributed by atoms with E-state index in [-0.39, 0.29) is 23.8 Å². The number of amides is 1. The average Bonchev–Trinajstić information content (AvgIpc) is 3.04. The maximum Gasteiger partial charge on any atom is 0.433 e. The maximum atomic E-state index is 13.2. The van der Waals surface area contributed by atoms with E-state index in [1.54, 1.807) is 4.90 Å². The van der Waals surface area contributed by atoms with Crippen LogP contribution >= 0.6 is 0 Å². The van der Waals surface area contributed by atoms with Gasteiger partial charge in [0.05, 0.1) is 5.41 Å². The van der Waals surface area contributed by atoms with Crippen LogP contribution in [0, 0.1) is 11.3 Å². The van der Waals surface area contributed by atoms with Gasteiger partial charge in [0.1, 0.15) is 5.69 Å². The minimum atomic E-state index is -4.50. The number of alkyl halides is 3. The van der Waals surface area contributed by atoms with Gasteiger partial charge in [-0.05, 0) is 31.2 Å². The molecule has 1 saturated carbocycles. The van der Waals surface area contributed by atoms with E-state index in [4.69, 9.17) is 5.73 Å².